The van der Waals surface area contributed by atoms with Crippen LogP contribution >= 0.6 is 0 Å². The molecule has 3 heterocycles. The van der Waals surface area contributed by atoms with Crippen molar-refractivity contribution >= 4 is 17.7 Å². The van der Waals surface area contributed by atoms with Gasteiger partial charge in [-0.2, -0.15) is 18.2 Å². The molecule has 1 aromatic carbocycles. The number of rotatable bonds is 3. The summed E-state index contributed by atoms with van der Waals surface area (Å²) in [6.07, 6.45) is -3.16. The van der Waals surface area contributed by atoms with E-state index in [1.54, 1.807) is 37.9 Å². The number of hydrogen-bond acceptors (Lipinski definition) is 5. The number of imidazole rings is 1. The molecule has 1 aliphatic rings. The van der Waals surface area contributed by atoms with Crippen LogP contribution in [0.25, 0.3) is 5.78 Å². The number of halogens is 3. The summed E-state index contributed by atoms with van der Waals surface area (Å²) in [6, 6.07) is 5.15. The second kappa shape index (κ2) is 7.68. The fourth-order valence-corrected chi connectivity index (χ4v) is 3.68. The van der Waals surface area contributed by atoms with Crippen LogP contribution in [0, 0.1) is 6.92 Å². The van der Waals surface area contributed by atoms with E-state index in [-0.39, 0.29) is 13.1 Å². The van der Waals surface area contributed by atoms with Gasteiger partial charge in [-0.1, -0.05) is 12.1 Å². The monoisotopic (exact) mass is 447 g/mol. The zero-order valence-corrected chi connectivity index (χ0v) is 18.2. The number of anilines is 1. The molecule has 0 bridgehead atoms. The third kappa shape index (κ3) is 4.35. The molecule has 32 heavy (non-hydrogen) atoms. The van der Waals surface area contributed by atoms with Crippen molar-refractivity contribution in [2.75, 3.05) is 5.32 Å². The summed E-state index contributed by atoms with van der Waals surface area (Å²) in [5.74, 6) is 0.945. The van der Waals surface area contributed by atoms with E-state index in [0.29, 0.717) is 23.7 Å². The van der Waals surface area contributed by atoms with Crippen molar-refractivity contribution in [3.05, 3.63) is 58.5 Å². The molecule has 1 aliphatic heterocycles. The number of amides is 1. The molecule has 170 valence electrons. The average molecular weight is 447 g/mol. The Morgan fingerprint density at radius 1 is 1.22 bits per heavy atom. The van der Waals surface area contributed by atoms with Gasteiger partial charge in [0.05, 0.1) is 30.5 Å². The van der Waals surface area contributed by atoms with Crippen molar-refractivity contribution in [3.8, 4) is 0 Å². The Labute approximate surface area is 183 Å². The lowest BCUT2D eigenvalue weighted by molar-refractivity contribution is -0.137. The molecule has 0 radical (unpaired) electrons. The van der Waals surface area contributed by atoms with Crippen LogP contribution in [0.1, 0.15) is 48.8 Å². The highest BCUT2D eigenvalue weighted by molar-refractivity contribution is 5.70. The number of carbonyl (C=O) groups is 1. The van der Waals surface area contributed by atoms with Gasteiger partial charge in [-0.05, 0) is 45.4 Å². The Morgan fingerprint density at radius 3 is 2.66 bits per heavy atom. The first-order chi connectivity index (χ1) is 14.9. The standard InChI is InChI=1S/C22H24F3N5O2/c1-13-9-27-19-28-18(26-10-14-6-5-7-15(8-14)22(23,24)25)16-11-29(12-17(16)30(13)19)20(31)32-21(2,3)4/h5-9H,10-12H2,1-4H3,(H,26,27,28). The molecule has 4 rings (SSSR count). The van der Waals surface area contributed by atoms with Gasteiger partial charge in [-0.3, -0.25) is 9.30 Å². The first-order valence-corrected chi connectivity index (χ1v) is 10.2. The third-order valence-corrected chi connectivity index (χ3v) is 5.09. The second-order valence-electron chi connectivity index (χ2n) is 8.81. The molecule has 0 atom stereocenters. The summed E-state index contributed by atoms with van der Waals surface area (Å²) >= 11 is 0. The Bertz CT molecular complexity index is 1180. The maximum atomic E-state index is 13.0. The summed E-state index contributed by atoms with van der Waals surface area (Å²) in [5, 5.41) is 3.14. The first kappa shape index (κ1) is 21.9. The number of ether oxygens (including phenoxy) is 1. The molecule has 7 nitrogen and oxygen atoms in total. The lowest BCUT2D eigenvalue weighted by Crippen LogP contribution is -2.33. The fourth-order valence-electron chi connectivity index (χ4n) is 3.68. The molecule has 0 saturated carbocycles. The van der Waals surface area contributed by atoms with Crippen LogP contribution < -0.4 is 5.32 Å². The normalized spacial score (nSPS) is 14.0. The molecule has 0 saturated heterocycles. The van der Waals surface area contributed by atoms with E-state index >= 15 is 0 Å². The Balaban J connectivity index is 1.63. The van der Waals surface area contributed by atoms with Crippen LogP contribution in [-0.2, 0) is 30.5 Å². The first-order valence-electron chi connectivity index (χ1n) is 10.2. The van der Waals surface area contributed by atoms with Gasteiger partial charge < -0.3 is 10.1 Å². The number of aromatic nitrogens is 3. The van der Waals surface area contributed by atoms with Crippen LogP contribution in [0.5, 0.6) is 0 Å². The third-order valence-electron chi connectivity index (χ3n) is 5.09. The van der Waals surface area contributed by atoms with Crippen LogP contribution in [-0.4, -0.2) is 31.0 Å². The minimum absolute atomic E-state index is 0.145. The van der Waals surface area contributed by atoms with E-state index in [4.69, 9.17) is 4.74 Å². The maximum Gasteiger partial charge on any atom is 0.416 e. The van der Waals surface area contributed by atoms with Gasteiger partial charge in [-0.15, -0.1) is 0 Å². The SMILES string of the molecule is Cc1cnc2nc(NCc3cccc(C(F)(F)F)c3)c3c(n12)CN(C(=O)OC(C)(C)C)C3. The zero-order valence-electron chi connectivity index (χ0n) is 18.2. The molecule has 10 heteroatoms. The molecule has 3 aromatic rings. The number of nitrogens with one attached hydrogen (secondary N) is 1. The number of fused-ring (bicyclic) bond motifs is 3. The van der Waals surface area contributed by atoms with Crippen molar-refractivity contribution in [2.24, 2.45) is 0 Å². The molecule has 1 amide bonds. The van der Waals surface area contributed by atoms with Crippen LogP contribution in [0.15, 0.2) is 30.5 Å². The van der Waals surface area contributed by atoms with Gasteiger partial charge >= 0.3 is 12.3 Å². The number of aryl methyl sites for hydroxylation is 1. The lowest BCUT2D eigenvalue weighted by atomic mass is 10.1. The van der Waals surface area contributed by atoms with E-state index in [1.807, 2.05) is 11.3 Å². The molecule has 1 N–H and O–H groups in total. The predicted molar refractivity (Wildman–Crippen MR) is 112 cm³/mol. The van der Waals surface area contributed by atoms with E-state index in [2.05, 4.69) is 15.3 Å². The smallest absolute Gasteiger partial charge is 0.416 e. The molecule has 0 fully saturated rings. The average Bonchev–Trinajstić information content (AvgIpc) is 3.28. The van der Waals surface area contributed by atoms with E-state index in [1.165, 1.54) is 6.07 Å². The number of hydrogen-bond donors (Lipinski definition) is 1. The van der Waals surface area contributed by atoms with Gasteiger partial charge in [0.2, 0.25) is 5.78 Å². The largest absolute Gasteiger partial charge is 0.444 e. The van der Waals surface area contributed by atoms with Crippen LogP contribution in [0.3, 0.4) is 0 Å². The van der Waals surface area contributed by atoms with Gasteiger partial charge in [-0.25, -0.2) is 9.78 Å². The lowest BCUT2D eigenvalue weighted by Gasteiger charge is -2.24. The Morgan fingerprint density at radius 2 is 1.97 bits per heavy atom. The highest BCUT2D eigenvalue weighted by Gasteiger charge is 2.33. The summed E-state index contributed by atoms with van der Waals surface area (Å²) in [7, 11) is 0. The van der Waals surface area contributed by atoms with Gasteiger partial charge in [0, 0.05) is 17.8 Å². The molecule has 2 aromatic heterocycles. The Kier molecular flexibility index (Phi) is 5.26. The molecule has 0 aliphatic carbocycles. The van der Waals surface area contributed by atoms with Crippen molar-refractivity contribution in [3.63, 3.8) is 0 Å². The summed E-state index contributed by atoms with van der Waals surface area (Å²) < 4.78 is 46.5. The number of nitrogens with zero attached hydrogens (tertiary/aromatic N) is 4. The molecular formula is C22H24F3N5O2. The van der Waals surface area contributed by atoms with Gasteiger partial charge in [0.15, 0.2) is 0 Å². The van der Waals surface area contributed by atoms with Crippen molar-refractivity contribution in [2.45, 2.75) is 59.1 Å². The van der Waals surface area contributed by atoms with Crippen LogP contribution in [0.4, 0.5) is 23.8 Å². The fraction of sp³-hybridized carbons (Fsp3) is 0.409. The zero-order chi connectivity index (χ0) is 23.3. The van der Waals surface area contributed by atoms with Crippen LogP contribution in [0.2, 0.25) is 0 Å². The van der Waals surface area contributed by atoms with Gasteiger partial charge in [0.1, 0.15) is 11.4 Å². The van der Waals surface area contributed by atoms with E-state index in [0.717, 1.165) is 29.1 Å². The minimum Gasteiger partial charge on any atom is -0.444 e. The molecule has 0 unspecified atom stereocenters. The van der Waals surface area contributed by atoms with Gasteiger partial charge in [0.25, 0.3) is 0 Å². The summed E-state index contributed by atoms with van der Waals surface area (Å²) in [6.45, 7) is 8.04. The maximum absolute atomic E-state index is 13.0. The highest BCUT2D eigenvalue weighted by atomic mass is 19.4. The minimum atomic E-state index is -4.41. The quantitative estimate of drug-likeness (QED) is 0.617. The van der Waals surface area contributed by atoms with Crippen molar-refractivity contribution in [1.82, 2.24) is 19.3 Å². The van der Waals surface area contributed by atoms with Crippen molar-refractivity contribution in [1.29, 1.82) is 0 Å². The van der Waals surface area contributed by atoms with Crippen molar-refractivity contribution < 1.29 is 22.7 Å². The number of benzene rings is 1. The summed E-state index contributed by atoms with van der Waals surface area (Å²) in [4.78, 5) is 23.1. The molecular weight excluding hydrogens is 423 g/mol. The Hall–Kier alpha value is -3.30. The molecule has 0 spiro atoms. The topological polar surface area (TPSA) is 71.8 Å². The second-order valence-corrected chi connectivity index (χ2v) is 8.81. The number of carbonyl (C=O) groups excluding carboxylic acids is 1. The highest BCUT2D eigenvalue weighted by Crippen LogP contribution is 2.32. The van der Waals surface area contributed by atoms with E-state index < -0.39 is 23.4 Å². The summed E-state index contributed by atoms with van der Waals surface area (Å²) in [5.41, 5.74) is 1.65. The number of alkyl halides is 3. The van der Waals surface area contributed by atoms with E-state index in [9.17, 15) is 18.0 Å². The predicted octanol–water partition coefficient (Wildman–Crippen LogP) is 4.92.